The molecule has 1 aromatic rings. The molecule has 0 bridgehead atoms. The molecule has 1 N–H and O–H groups in total. The second-order valence-electron chi connectivity index (χ2n) is 7.32. The quantitative estimate of drug-likeness (QED) is 0.504. The van der Waals surface area contributed by atoms with Crippen LogP contribution in [-0.4, -0.2) is 43.5 Å². The van der Waals surface area contributed by atoms with Gasteiger partial charge in [-0.25, -0.2) is 4.98 Å². The number of ether oxygens (including phenoxy) is 1. The molecule has 0 amide bonds. The lowest BCUT2D eigenvalue weighted by molar-refractivity contribution is -0.386. The van der Waals surface area contributed by atoms with E-state index >= 15 is 0 Å². The molecule has 2 atom stereocenters. The van der Waals surface area contributed by atoms with Crippen LogP contribution >= 0.6 is 0 Å². The Balaban J connectivity index is 2.13. The van der Waals surface area contributed by atoms with Gasteiger partial charge in [-0.3, -0.25) is 10.1 Å². The van der Waals surface area contributed by atoms with E-state index in [0.717, 1.165) is 0 Å². The van der Waals surface area contributed by atoms with Crippen molar-refractivity contribution in [3.05, 3.63) is 28.4 Å². The maximum atomic E-state index is 11.1. The van der Waals surface area contributed by atoms with Gasteiger partial charge in [0.2, 0.25) is 0 Å². The van der Waals surface area contributed by atoms with Gasteiger partial charge in [0.1, 0.15) is 6.10 Å². The van der Waals surface area contributed by atoms with E-state index in [4.69, 9.17) is 9.16 Å². The van der Waals surface area contributed by atoms with Crippen molar-refractivity contribution < 1.29 is 14.1 Å². The first kappa shape index (κ1) is 17.8. The average molecular weight is 339 g/mol. The molecule has 0 radical (unpaired) electrons. The predicted octanol–water partition coefficient (Wildman–Crippen LogP) is 2.73. The Morgan fingerprint density at radius 3 is 2.61 bits per heavy atom. The molecule has 23 heavy (non-hydrogen) atoms. The van der Waals surface area contributed by atoms with Crippen LogP contribution in [0.1, 0.15) is 20.8 Å². The monoisotopic (exact) mass is 339 g/mol. The minimum Gasteiger partial charge on any atom is -0.465 e. The molecule has 0 unspecified atom stereocenters. The molecule has 0 saturated carbocycles. The van der Waals surface area contributed by atoms with E-state index in [2.05, 4.69) is 44.2 Å². The van der Waals surface area contributed by atoms with Crippen LogP contribution in [0.15, 0.2) is 18.3 Å². The number of nitrogens with one attached hydrogen (secondary N) is 1. The summed E-state index contributed by atoms with van der Waals surface area (Å²) in [5.74, 6) is 0.0510. The van der Waals surface area contributed by atoms with Crippen molar-refractivity contribution in [2.24, 2.45) is 0 Å². The van der Waals surface area contributed by atoms with Crippen LogP contribution < -0.4 is 10.1 Å². The van der Waals surface area contributed by atoms with Gasteiger partial charge < -0.3 is 14.5 Å². The van der Waals surface area contributed by atoms with Gasteiger partial charge in [0.05, 0.1) is 11.0 Å². The number of rotatable bonds is 5. The van der Waals surface area contributed by atoms with Crippen LogP contribution in [-0.2, 0) is 4.43 Å². The summed E-state index contributed by atoms with van der Waals surface area (Å²) in [6, 6.07) is 2.93. The van der Waals surface area contributed by atoms with Crippen LogP contribution in [0, 0.1) is 10.1 Å². The van der Waals surface area contributed by atoms with Gasteiger partial charge in [-0.05, 0) is 24.2 Å². The number of nitro groups is 1. The van der Waals surface area contributed by atoms with Gasteiger partial charge in [-0.1, -0.05) is 20.8 Å². The Kier molecular flexibility index (Phi) is 5.07. The molecule has 128 valence electrons. The van der Waals surface area contributed by atoms with Gasteiger partial charge in [0.25, 0.3) is 5.88 Å². The SMILES string of the molecule is CC(C)(C)[Si](C)(C)O[C@@H]1CNC[C@H]1Oc1ncccc1[N+](=O)[O-]. The van der Waals surface area contributed by atoms with Crippen LogP contribution in [0.4, 0.5) is 5.69 Å². The smallest absolute Gasteiger partial charge is 0.330 e. The summed E-state index contributed by atoms with van der Waals surface area (Å²) in [7, 11) is -1.94. The maximum Gasteiger partial charge on any atom is 0.330 e. The van der Waals surface area contributed by atoms with E-state index in [0.29, 0.717) is 13.1 Å². The zero-order valence-corrected chi connectivity index (χ0v) is 15.3. The number of hydrogen-bond acceptors (Lipinski definition) is 6. The molecule has 1 aliphatic rings. The molecule has 1 fully saturated rings. The average Bonchev–Trinajstić information content (AvgIpc) is 2.84. The highest BCUT2D eigenvalue weighted by atomic mass is 28.4. The van der Waals surface area contributed by atoms with Crippen molar-refractivity contribution in [1.29, 1.82) is 0 Å². The molecule has 1 aliphatic heterocycles. The van der Waals surface area contributed by atoms with Crippen molar-refractivity contribution in [3.63, 3.8) is 0 Å². The van der Waals surface area contributed by atoms with Gasteiger partial charge >= 0.3 is 5.69 Å². The predicted molar refractivity (Wildman–Crippen MR) is 90.2 cm³/mol. The van der Waals surface area contributed by atoms with Gasteiger partial charge in [0, 0.05) is 25.4 Å². The topological polar surface area (TPSA) is 86.5 Å². The van der Waals surface area contributed by atoms with Gasteiger partial charge in [-0.2, -0.15) is 0 Å². The third kappa shape index (κ3) is 4.07. The fraction of sp³-hybridized carbons (Fsp3) is 0.667. The molecule has 2 rings (SSSR count). The lowest BCUT2D eigenvalue weighted by atomic mass is 10.2. The van der Waals surface area contributed by atoms with E-state index in [1.807, 2.05) is 0 Å². The summed E-state index contributed by atoms with van der Waals surface area (Å²) < 4.78 is 12.2. The summed E-state index contributed by atoms with van der Waals surface area (Å²) >= 11 is 0. The minimum atomic E-state index is -1.94. The van der Waals surface area contributed by atoms with Crippen LogP contribution in [0.5, 0.6) is 5.88 Å². The molecule has 7 nitrogen and oxygen atoms in total. The highest BCUT2D eigenvalue weighted by molar-refractivity contribution is 6.74. The second kappa shape index (κ2) is 6.54. The third-order valence-electron chi connectivity index (χ3n) is 4.57. The first-order valence-electron chi connectivity index (χ1n) is 7.76. The summed E-state index contributed by atoms with van der Waals surface area (Å²) in [5.41, 5.74) is -0.120. The molecular weight excluding hydrogens is 314 g/mol. The maximum absolute atomic E-state index is 11.1. The summed E-state index contributed by atoms with van der Waals surface area (Å²) in [6.45, 7) is 12.2. The number of pyridine rings is 1. The Bertz CT molecular complexity index is 574. The van der Waals surface area contributed by atoms with E-state index in [1.165, 1.54) is 18.3 Å². The summed E-state index contributed by atoms with van der Waals surface area (Å²) in [6.07, 6.45) is 1.09. The van der Waals surface area contributed by atoms with Crippen molar-refractivity contribution in [2.75, 3.05) is 13.1 Å². The lowest BCUT2D eigenvalue weighted by Crippen LogP contribution is -2.48. The zero-order chi connectivity index (χ0) is 17.3. The highest BCUT2D eigenvalue weighted by Gasteiger charge is 2.43. The van der Waals surface area contributed by atoms with Crippen LogP contribution in [0.25, 0.3) is 0 Å². The third-order valence-corrected chi connectivity index (χ3v) is 9.07. The van der Waals surface area contributed by atoms with Crippen molar-refractivity contribution in [3.8, 4) is 5.88 Å². The van der Waals surface area contributed by atoms with Crippen molar-refractivity contribution in [1.82, 2.24) is 10.3 Å². The van der Waals surface area contributed by atoms with Crippen LogP contribution in [0.2, 0.25) is 18.1 Å². The van der Waals surface area contributed by atoms with Crippen LogP contribution in [0.3, 0.4) is 0 Å². The summed E-state index contributed by atoms with van der Waals surface area (Å²) in [5, 5.41) is 14.4. The Labute approximate surface area is 137 Å². The molecule has 2 heterocycles. The van der Waals surface area contributed by atoms with E-state index < -0.39 is 13.2 Å². The fourth-order valence-corrected chi connectivity index (χ4v) is 3.52. The fourth-order valence-electron chi connectivity index (χ4n) is 2.18. The Hall–Kier alpha value is -1.51. The molecular formula is C15H25N3O4Si. The standard InChI is InChI=1S/C15H25N3O4Si/c1-15(2,3)23(4,5)22-13-10-16-9-12(13)21-14-11(18(19)20)7-6-8-17-14/h6-8,12-13,16H,9-10H2,1-5H3/t12-,13-/m1/s1. The molecule has 0 spiro atoms. The lowest BCUT2D eigenvalue weighted by Gasteiger charge is -2.39. The van der Waals surface area contributed by atoms with Crippen molar-refractivity contribution >= 4 is 14.0 Å². The van der Waals surface area contributed by atoms with E-state index in [-0.39, 0.29) is 28.8 Å². The largest absolute Gasteiger partial charge is 0.465 e. The van der Waals surface area contributed by atoms with Crippen molar-refractivity contribution in [2.45, 2.75) is 51.1 Å². The molecule has 1 saturated heterocycles. The molecule has 8 heteroatoms. The van der Waals surface area contributed by atoms with E-state index in [1.54, 1.807) is 0 Å². The molecule has 0 aromatic carbocycles. The number of hydrogen-bond donors (Lipinski definition) is 1. The van der Waals surface area contributed by atoms with Gasteiger partial charge in [-0.15, -0.1) is 0 Å². The second-order valence-corrected chi connectivity index (χ2v) is 12.1. The molecule has 0 aliphatic carbocycles. The Morgan fingerprint density at radius 2 is 2.00 bits per heavy atom. The Morgan fingerprint density at radius 1 is 1.35 bits per heavy atom. The first-order chi connectivity index (χ1) is 10.6. The van der Waals surface area contributed by atoms with E-state index in [9.17, 15) is 10.1 Å². The normalized spacial score (nSPS) is 22.1. The zero-order valence-electron chi connectivity index (χ0n) is 14.3. The number of aromatic nitrogens is 1. The molecule has 1 aromatic heterocycles. The first-order valence-corrected chi connectivity index (χ1v) is 10.7. The highest BCUT2D eigenvalue weighted by Crippen LogP contribution is 2.38. The minimum absolute atomic E-state index is 0.0510. The summed E-state index contributed by atoms with van der Waals surface area (Å²) in [4.78, 5) is 14.6. The van der Waals surface area contributed by atoms with Gasteiger partial charge in [0.15, 0.2) is 8.32 Å². The number of nitrogens with zero attached hydrogens (tertiary/aromatic N) is 2.